The van der Waals surface area contributed by atoms with E-state index in [9.17, 15) is 36.6 Å². The number of aliphatic hydroxyl groups excluding tert-OH is 1. The molecule has 1 amide bonds. The number of carbonyl (C=O) groups excluding carboxylic acids is 1. The predicted molar refractivity (Wildman–Crippen MR) is 119 cm³/mol. The number of benzene rings is 2. The van der Waals surface area contributed by atoms with E-state index >= 15 is 0 Å². The topological polar surface area (TPSA) is 104 Å². The number of carbonyl (C=O) groups is 1. The molecule has 2 aliphatic carbocycles. The Morgan fingerprint density at radius 3 is 2.38 bits per heavy atom. The van der Waals surface area contributed by atoms with Crippen LogP contribution in [0.2, 0.25) is 5.02 Å². The number of rotatable bonds is 6. The third-order valence-electron chi connectivity index (χ3n) is 7.05. The second-order valence-corrected chi connectivity index (χ2v) is 11.5. The third-order valence-corrected chi connectivity index (χ3v) is 9.71. The maximum atomic E-state index is 13.5. The van der Waals surface area contributed by atoms with Crippen LogP contribution in [-0.2, 0) is 9.84 Å². The zero-order valence-corrected chi connectivity index (χ0v) is 19.4. The molecule has 11 heteroatoms. The molecule has 4 atom stereocenters. The molecular weight excluding hydrogens is 495 g/mol. The molecule has 2 bridgehead atoms. The summed E-state index contributed by atoms with van der Waals surface area (Å²) in [6.07, 6.45) is -1.52. The minimum Gasteiger partial charge on any atom is -0.393 e. The van der Waals surface area contributed by atoms with Crippen molar-refractivity contribution in [2.75, 3.05) is 11.9 Å². The van der Waals surface area contributed by atoms with Crippen molar-refractivity contribution in [3.63, 3.8) is 0 Å². The van der Waals surface area contributed by atoms with Gasteiger partial charge in [-0.25, -0.2) is 21.6 Å². The largest absolute Gasteiger partial charge is 0.393 e. The van der Waals surface area contributed by atoms with Crippen LogP contribution in [-0.4, -0.2) is 42.0 Å². The van der Waals surface area contributed by atoms with Crippen molar-refractivity contribution in [1.29, 1.82) is 0 Å². The van der Waals surface area contributed by atoms with Crippen molar-refractivity contribution in [3.8, 4) is 0 Å². The van der Waals surface area contributed by atoms with Gasteiger partial charge in [-0.05, 0) is 73.9 Å². The molecule has 0 spiro atoms. The van der Waals surface area contributed by atoms with Gasteiger partial charge in [-0.3, -0.25) is 4.79 Å². The van der Waals surface area contributed by atoms with E-state index < -0.39 is 51.0 Å². The first-order valence-corrected chi connectivity index (χ1v) is 12.7. The van der Waals surface area contributed by atoms with E-state index in [1.54, 1.807) is 0 Å². The maximum absolute atomic E-state index is 13.5. The molecule has 4 rings (SSSR count). The molecule has 0 aliphatic heterocycles. The van der Waals surface area contributed by atoms with Gasteiger partial charge in [-0.2, -0.15) is 0 Å². The van der Waals surface area contributed by atoms with Gasteiger partial charge in [0.05, 0.1) is 32.9 Å². The summed E-state index contributed by atoms with van der Waals surface area (Å²) in [5, 5.41) is 21.8. The van der Waals surface area contributed by atoms with Gasteiger partial charge in [-0.1, -0.05) is 11.6 Å². The summed E-state index contributed by atoms with van der Waals surface area (Å²) in [5.74, 6) is -2.60. The Hall–Kier alpha value is -2.14. The lowest BCUT2D eigenvalue weighted by Gasteiger charge is -2.41. The highest BCUT2D eigenvalue weighted by Crippen LogP contribution is 2.51. The van der Waals surface area contributed by atoms with Crippen LogP contribution in [0.4, 0.5) is 18.9 Å². The number of halogens is 4. The quantitative estimate of drug-likeness (QED) is 0.528. The Morgan fingerprint density at radius 2 is 1.79 bits per heavy atom. The number of aliphatic hydroxyl groups is 2. The molecule has 2 fully saturated rings. The highest BCUT2D eigenvalue weighted by atomic mass is 35.5. The molecule has 0 heterocycles. The highest BCUT2D eigenvalue weighted by molar-refractivity contribution is 7.92. The van der Waals surface area contributed by atoms with Gasteiger partial charge in [0.15, 0.2) is 9.84 Å². The van der Waals surface area contributed by atoms with Crippen molar-refractivity contribution in [1.82, 2.24) is 0 Å². The number of anilines is 1. The van der Waals surface area contributed by atoms with Crippen LogP contribution in [0.3, 0.4) is 0 Å². The first kappa shape index (κ1) is 25.0. The summed E-state index contributed by atoms with van der Waals surface area (Å²) in [6.45, 7) is -0.428. The van der Waals surface area contributed by atoms with Crippen LogP contribution in [0.15, 0.2) is 41.3 Å². The van der Waals surface area contributed by atoms with Gasteiger partial charge in [0.1, 0.15) is 5.82 Å². The minimum atomic E-state index is -3.98. The number of hydrogen-bond donors (Lipinski definition) is 3. The van der Waals surface area contributed by atoms with Crippen LogP contribution in [0.25, 0.3) is 0 Å². The van der Waals surface area contributed by atoms with Crippen molar-refractivity contribution < 1.29 is 36.6 Å². The molecule has 2 aromatic carbocycles. The summed E-state index contributed by atoms with van der Waals surface area (Å²) >= 11 is 6.18. The Morgan fingerprint density at radius 1 is 1.15 bits per heavy atom. The van der Waals surface area contributed by atoms with Gasteiger partial charge < -0.3 is 15.5 Å². The molecule has 2 aromatic rings. The molecule has 0 radical (unpaired) electrons. The third kappa shape index (κ3) is 4.32. The molecule has 2 saturated carbocycles. The molecule has 2 aliphatic rings. The van der Waals surface area contributed by atoms with Gasteiger partial charge in [0, 0.05) is 11.3 Å². The first-order valence-electron chi connectivity index (χ1n) is 10.7. The second kappa shape index (κ2) is 9.14. The van der Waals surface area contributed by atoms with E-state index in [0.29, 0.717) is 12.8 Å². The minimum absolute atomic E-state index is 0.0726. The summed E-state index contributed by atoms with van der Waals surface area (Å²) in [4.78, 5) is 12.5. The maximum Gasteiger partial charge on any atom is 0.266 e. The average molecular weight is 518 g/mol. The lowest BCUT2D eigenvalue weighted by Crippen LogP contribution is -2.50. The van der Waals surface area contributed by atoms with Gasteiger partial charge >= 0.3 is 0 Å². The number of alkyl halides is 2. The predicted octanol–water partition coefficient (Wildman–Crippen LogP) is 4.35. The van der Waals surface area contributed by atoms with E-state index in [4.69, 9.17) is 11.6 Å². The van der Waals surface area contributed by atoms with Crippen molar-refractivity contribution in [3.05, 3.63) is 58.4 Å². The Balaban J connectivity index is 1.59. The molecular formula is C23H23ClF3NO5S. The number of amides is 1. The van der Waals surface area contributed by atoms with Crippen LogP contribution in [0.5, 0.6) is 0 Å². The molecule has 34 heavy (non-hydrogen) atoms. The summed E-state index contributed by atoms with van der Waals surface area (Å²) < 4.78 is 66.3. The van der Waals surface area contributed by atoms with E-state index in [-0.39, 0.29) is 45.8 Å². The monoisotopic (exact) mass is 517 g/mol. The lowest BCUT2D eigenvalue weighted by molar-refractivity contribution is -0.0943. The Bertz CT molecular complexity index is 1210. The van der Waals surface area contributed by atoms with Crippen molar-refractivity contribution >= 4 is 33.0 Å². The van der Waals surface area contributed by atoms with Crippen LogP contribution in [0, 0.1) is 17.7 Å². The summed E-state index contributed by atoms with van der Waals surface area (Å²) in [6, 6.07) is 6.42. The number of fused-ring (bicyclic) bond motifs is 2. The van der Waals surface area contributed by atoms with Crippen LogP contribution < -0.4 is 5.32 Å². The van der Waals surface area contributed by atoms with Crippen molar-refractivity contribution in [2.24, 2.45) is 11.8 Å². The standard InChI is InChI=1S/C23H23ClF3NO5S/c24-18-5-1-12(22(30)28-15-4-6-19(25)17(10-15)21(26)27)7-20(18)34(32,33)16-8-13-2-3-14(9-16)23(13,31)11-29/h1,4-7,10,13-14,16,21,29,31H,2-3,8-9,11H2,(H,28,30)/t13-,14?,16?,23?/m0/s1. The molecule has 0 saturated heterocycles. The first-order chi connectivity index (χ1) is 16.0. The average Bonchev–Trinajstić information content (AvgIpc) is 2.96. The van der Waals surface area contributed by atoms with Gasteiger partial charge in [-0.15, -0.1) is 0 Å². The molecule has 3 N–H and O–H groups in total. The van der Waals surface area contributed by atoms with E-state index in [2.05, 4.69) is 5.32 Å². The highest BCUT2D eigenvalue weighted by Gasteiger charge is 2.55. The van der Waals surface area contributed by atoms with E-state index in [1.807, 2.05) is 0 Å². The fourth-order valence-corrected chi connectivity index (χ4v) is 7.56. The molecule has 184 valence electrons. The Kier molecular flexibility index (Phi) is 6.71. The second-order valence-electron chi connectivity index (χ2n) is 8.90. The summed E-state index contributed by atoms with van der Waals surface area (Å²) in [5.41, 5.74) is -2.30. The van der Waals surface area contributed by atoms with Gasteiger partial charge in [0.2, 0.25) is 0 Å². The van der Waals surface area contributed by atoms with Crippen LogP contribution >= 0.6 is 11.6 Å². The molecule has 6 nitrogen and oxygen atoms in total. The lowest BCUT2D eigenvalue weighted by atomic mass is 9.75. The smallest absolute Gasteiger partial charge is 0.266 e. The summed E-state index contributed by atoms with van der Waals surface area (Å²) in [7, 11) is -3.98. The van der Waals surface area contributed by atoms with Crippen molar-refractivity contribution in [2.45, 2.75) is 47.9 Å². The Labute approximate surface area is 199 Å². The zero-order valence-electron chi connectivity index (χ0n) is 17.8. The number of hydrogen-bond acceptors (Lipinski definition) is 5. The SMILES string of the molecule is O=C(Nc1ccc(F)c(C(F)F)c1)c1ccc(Cl)c(S(=O)(=O)C2CC3CC[C@@H](C2)C3(O)CO)c1. The fraction of sp³-hybridized carbons (Fsp3) is 0.435. The van der Waals surface area contributed by atoms with Crippen LogP contribution in [0.1, 0.15) is 48.0 Å². The van der Waals surface area contributed by atoms with Gasteiger partial charge in [0.25, 0.3) is 12.3 Å². The zero-order chi connectivity index (χ0) is 24.8. The normalized spacial score (nSPS) is 26.6. The molecule has 3 unspecified atom stereocenters. The molecule has 0 aromatic heterocycles. The van der Waals surface area contributed by atoms with E-state index in [1.165, 1.54) is 12.1 Å². The number of sulfone groups is 1. The van der Waals surface area contributed by atoms with E-state index in [0.717, 1.165) is 24.3 Å². The number of nitrogens with one attached hydrogen (secondary N) is 1. The fourth-order valence-electron chi connectivity index (χ4n) is 5.16.